The Labute approximate surface area is 169 Å². The predicted molar refractivity (Wildman–Crippen MR) is 114 cm³/mol. The molecule has 6 heteroatoms. The second-order valence-electron chi connectivity index (χ2n) is 6.74. The van der Waals surface area contributed by atoms with Crippen molar-refractivity contribution >= 4 is 28.8 Å². The molecule has 28 heavy (non-hydrogen) atoms. The van der Waals surface area contributed by atoms with Crippen molar-refractivity contribution in [2.24, 2.45) is 0 Å². The van der Waals surface area contributed by atoms with Gasteiger partial charge in [-0.1, -0.05) is 19.1 Å². The third kappa shape index (κ3) is 4.51. The fourth-order valence-electron chi connectivity index (χ4n) is 3.11. The maximum Gasteiger partial charge on any atom is 0.257 e. The van der Waals surface area contributed by atoms with E-state index in [1.807, 2.05) is 32.9 Å². The SMILES string of the molecule is CCCNC(=O)c1cccc(NC(=O)c2cc(C)n(Cc3cccs3)c2C)c1. The molecule has 2 amide bonds. The number of nitrogens with one attached hydrogen (secondary N) is 2. The van der Waals surface area contributed by atoms with E-state index >= 15 is 0 Å². The number of benzene rings is 1. The molecule has 2 aromatic heterocycles. The van der Waals surface area contributed by atoms with Crippen molar-refractivity contribution in [3.05, 3.63) is 75.2 Å². The highest BCUT2D eigenvalue weighted by Crippen LogP contribution is 2.21. The maximum atomic E-state index is 12.8. The molecular formula is C22H25N3O2S. The molecule has 0 bridgehead atoms. The van der Waals surface area contributed by atoms with Crippen LogP contribution < -0.4 is 10.6 Å². The quantitative estimate of drug-likeness (QED) is 0.614. The normalized spacial score (nSPS) is 10.7. The number of hydrogen-bond acceptors (Lipinski definition) is 3. The zero-order valence-electron chi connectivity index (χ0n) is 16.4. The van der Waals surface area contributed by atoms with Crippen LogP contribution in [0.4, 0.5) is 5.69 Å². The summed E-state index contributed by atoms with van der Waals surface area (Å²) in [6, 6.07) is 13.1. The zero-order valence-corrected chi connectivity index (χ0v) is 17.2. The van der Waals surface area contributed by atoms with Crippen LogP contribution in [-0.2, 0) is 6.54 Å². The lowest BCUT2D eigenvalue weighted by Crippen LogP contribution is -2.24. The van der Waals surface area contributed by atoms with Gasteiger partial charge in [0.2, 0.25) is 0 Å². The minimum Gasteiger partial charge on any atom is -0.352 e. The summed E-state index contributed by atoms with van der Waals surface area (Å²) in [4.78, 5) is 26.2. The molecule has 0 saturated heterocycles. The molecule has 0 unspecified atom stereocenters. The summed E-state index contributed by atoms with van der Waals surface area (Å²) in [7, 11) is 0. The number of thiophene rings is 1. The lowest BCUT2D eigenvalue weighted by Gasteiger charge is -2.10. The lowest BCUT2D eigenvalue weighted by atomic mass is 10.1. The molecule has 2 N–H and O–H groups in total. The van der Waals surface area contributed by atoms with Crippen LogP contribution in [-0.4, -0.2) is 22.9 Å². The van der Waals surface area contributed by atoms with Crippen LogP contribution in [0.3, 0.4) is 0 Å². The van der Waals surface area contributed by atoms with Crippen LogP contribution in [0.25, 0.3) is 0 Å². The van der Waals surface area contributed by atoms with Crippen LogP contribution in [0.15, 0.2) is 47.8 Å². The standard InChI is InChI=1S/C22H25N3O2S/c1-4-10-23-21(26)17-7-5-8-18(13-17)24-22(27)20-12-15(2)25(16(20)3)14-19-9-6-11-28-19/h5-9,11-13H,4,10,14H2,1-3H3,(H,23,26)(H,24,27). The van der Waals surface area contributed by atoms with E-state index in [1.165, 1.54) is 4.88 Å². The summed E-state index contributed by atoms with van der Waals surface area (Å²) in [6.45, 7) is 7.37. The van der Waals surface area contributed by atoms with E-state index in [2.05, 4.69) is 26.6 Å². The molecule has 0 aliphatic carbocycles. The predicted octanol–water partition coefficient (Wildman–Crippen LogP) is 4.61. The van der Waals surface area contributed by atoms with Crippen molar-refractivity contribution < 1.29 is 9.59 Å². The molecule has 1 aromatic carbocycles. The van der Waals surface area contributed by atoms with Gasteiger partial charge >= 0.3 is 0 Å². The Morgan fingerprint density at radius 2 is 1.89 bits per heavy atom. The summed E-state index contributed by atoms with van der Waals surface area (Å²) in [5.41, 5.74) is 3.77. The number of carbonyl (C=O) groups excluding carboxylic acids is 2. The van der Waals surface area contributed by atoms with E-state index in [0.29, 0.717) is 23.4 Å². The van der Waals surface area contributed by atoms with Crippen LogP contribution in [0.1, 0.15) is 50.3 Å². The molecule has 0 aliphatic rings. The van der Waals surface area contributed by atoms with Crippen LogP contribution >= 0.6 is 11.3 Å². The molecule has 0 fully saturated rings. The van der Waals surface area contributed by atoms with Gasteiger partial charge in [-0.05, 0) is 56.0 Å². The van der Waals surface area contributed by atoms with Crippen LogP contribution in [0.2, 0.25) is 0 Å². The third-order valence-corrected chi connectivity index (χ3v) is 5.49. The van der Waals surface area contributed by atoms with Crippen molar-refractivity contribution in [1.29, 1.82) is 0 Å². The fraction of sp³-hybridized carbons (Fsp3) is 0.273. The molecule has 0 atom stereocenters. The van der Waals surface area contributed by atoms with Crippen molar-refractivity contribution in [3.8, 4) is 0 Å². The van der Waals surface area contributed by atoms with Gasteiger partial charge in [0.15, 0.2) is 0 Å². The highest BCUT2D eigenvalue weighted by atomic mass is 32.1. The Bertz CT molecular complexity index is 974. The lowest BCUT2D eigenvalue weighted by molar-refractivity contribution is 0.0952. The fourth-order valence-corrected chi connectivity index (χ4v) is 3.80. The van der Waals surface area contributed by atoms with Gasteiger partial charge in [-0.15, -0.1) is 11.3 Å². The van der Waals surface area contributed by atoms with E-state index in [-0.39, 0.29) is 11.8 Å². The summed E-state index contributed by atoms with van der Waals surface area (Å²) in [6.07, 6.45) is 0.878. The molecule has 3 rings (SSSR count). The first-order valence-electron chi connectivity index (χ1n) is 9.38. The Morgan fingerprint density at radius 1 is 1.07 bits per heavy atom. The zero-order chi connectivity index (χ0) is 20.1. The number of carbonyl (C=O) groups is 2. The minimum atomic E-state index is -0.170. The van der Waals surface area contributed by atoms with Crippen LogP contribution in [0, 0.1) is 13.8 Å². The molecule has 2 heterocycles. The number of anilines is 1. The number of aryl methyl sites for hydroxylation is 1. The van der Waals surface area contributed by atoms with Gasteiger partial charge < -0.3 is 15.2 Å². The van der Waals surface area contributed by atoms with Crippen molar-refractivity contribution in [2.45, 2.75) is 33.7 Å². The monoisotopic (exact) mass is 395 g/mol. The number of rotatable bonds is 7. The molecule has 0 radical (unpaired) electrons. The average Bonchev–Trinajstić information content (AvgIpc) is 3.30. The van der Waals surface area contributed by atoms with Crippen molar-refractivity contribution in [1.82, 2.24) is 9.88 Å². The summed E-state index contributed by atoms with van der Waals surface area (Å²) in [5.74, 6) is -0.302. The van der Waals surface area contributed by atoms with E-state index in [1.54, 1.807) is 35.6 Å². The summed E-state index contributed by atoms with van der Waals surface area (Å²) in [5, 5.41) is 7.82. The summed E-state index contributed by atoms with van der Waals surface area (Å²) < 4.78 is 2.15. The van der Waals surface area contributed by atoms with Crippen LogP contribution in [0.5, 0.6) is 0 Å². The largest absolute Gasteiger partial charge is 0.352 e. The Morgan fingerprint density at radius 3 is 2.61 bits per heavy atom. The number of nitrogens with zero attached hydrogens (tertiary/aromatic N) is 1. The molecule has 0 aliphatic heterocycles. The highest BCUT2D eigenvalue weighted by Gasteiger charge is 2.17. The van der Waals surface area contributed by atoms with Gasteiger partial charge in [0.05, 0.1) is 12.1 Å². The second kappa shape index (κ2) is 8.89. The van der Waals surface area contributed by atoms with Gasteiger partial charge in [0.25, 0.3) is 11.8 Å². The van der Waals surface area contributed by atoms with Gasteiger partial charge in [0, 0.05) is 34.1 Å². The van der Waals surface area contributed by atoms with E-state index in [4.69, 9.17) is 0 Å². The smallest absolute Gasteiger partial charge is 0.257 e. The summed E-state index contributed by atoms with van der Waals surface area (Å²) >= 11 is 1.71. The molecule has 146 valence electrons. The number of amides is 2. The van der Waals surface area contributed by atoms with Crippen molar-refractivity contribution in [3.63, 3.8) is 0 Å². The van der Waals surface area contributed by atoms with Gasteiger partial charge in [-0.2, -0.15) is 0 Å². The van der Waals surface area contributed by atoms with E-state index in [0.717, 1.165) is 24.4 Å². The van der Waals surface area contributed by atoms with Gasteiger partial charge in [0.1, 0.15) is 0 Å². The highest BCUT2D eigenvalue weighted by molar-refractivity contribution is 7.09. The first kappa shape index (κ1) is 19.9. The maximum absolute atomic E-state index is 12.8. The molecule has 0 saturated carbocycles. The first-order valence-corrected chi connectivity index (χ1v) is 10.3. The van der Waals surface area contributed by atoms with Crippen molar-refractivity contribution in [2.75, 3.05) is 11.9 Å². The average molecular weight is 396 g/mol. The van der Waals surface area contributed by atoms with Gasteiger partial charge in [-0.3, -0.25) is 9.59 Å². The molecule has 5 nitrogen and oxygen atoms in total. The molecule has 0 spiro atoms. The minimum absolute atomic E-state index is 0.132. The Balaban J connectivity index is 1.76. The third-order valence-electron chi connectivity index (χ3n) is 4.63. The number of aromatic nitrogens is 1. The Hall–Kier alpha value is -2.86. The number of hydrogen-bond donors (Lipinski definition) is 2. The second-order valence-corrected chi connectivity index (χ2v) is 7.77. The Kier molecular flexibility index (Phi) is 6.31. The topological polar surface area (TPSA) is 63.1 Å². The van der Waals surface area contributed by atoms with Gasteiger partial charge in [-0.25, -0.2) is 0 Å². The van der Waals surface area contributed by atoms with E-state index in [9.17, 15) is 9.59 Å². The molecular weight excluding hydrogens is 370 g/mol. The van der Waals surface area contributed by atoms with E-state index < -0.39 is 0 Å². The first-order chi connectivity index (χ1) is 13.5. The molecule has 3 aromatic rings.